The number of methoxy groups -OCH3 is 1. The number of nitrogens with two attached hydrogens (primary N) is 1. The van der Waals surface area contributed by atoms with Crippen molar-refractivity contribution in [2.24, 2.45) is 0 Å². The Bertz CT molecular complexity index is 721. The number of nitrogen functional groups attached to an aromatic ring is 1. The zero-order chi connectivity index (χ0) is 18.6. The van der Waals surface area contributed by atoms with Crippen molar-refractivity contribution in [3.63, 3.8) is 0 Å². The van der Waals surface area contributed by atoms with Gasteiger partial charge in [0.2, 0.25) is 0 Å². The van der Waals surface area contributed by atoms with E-state index in [-0.39, 0.29) is 18.5 Å². The van der Waals surface area contributed by atoms with E-state index in [0.29, 0.717) is 42.9 Å². The molecule has 0 amide bonds. The molecular weight excluding hydrogens is 322 g/mol. The summed E-state index contributed by atoms with van der Waals surface area (Å²) in [5.74, 6) is 0.0926. The lowest BCUT2D eigenvalue weighted by Gasteiger charge is -2.16. The summed E-state index contributed by atoms with van der Waals surface area (Å²) in [5, 5.41) is 0. The van der Waals surface area contributed by atoms with Crippen LogP contribution in [-0.2, 0) is 27.3 Å². The number of hydrogen-bond donors (Lipinski definition) is 1. The molecule has 0 aromatic heterocycles. The molecule has 1 aromatic carbocycles. The van der Waals surface area contributed by atoms with Crippen molar-refractivity contribution >= 4 is 17.6 Å². The average Bonchev–Trinajstić information content (AvgIpc) is 2.97. The number of rotatable bonds is 7. The van der Waals surface area contributed by atoms with Gasteiger partial charge in [-0.25, -0.2) is 4.79 Å². The largest absolute Gasteiger partial charge is 0.496 e. The Morgan fingerprint density at radius 2 is 2.08 bits per heavy atom. The summed E-state index contributed by atoms with van der Waals surface area (Å²) < 4.78 is 15.6. The number of cyclic esters (lactones) is 1. The van der Waals surface area contributed by atoms with E-state index in [2.05, 4.69) is 0 Å². The van der Waals surface area contributed by atoms with Crippen LogP contribution in [0.5, 0.6) is 5.75 Å². The molecule has 0 fully saturated rings. The predicted molar refractivity (Wildman–Crippen MR) is 94.6 cm³/mol. The molecule has 1 aromatic rings. The van der Waals surface area contributed by atoms with Crippen LogP contribution in [-0.4, -0.2) is 25.7 Å². The lowest BCUT2D eigenvalue weighted by molar-refractivity contribution is -0.143. The van der Waals surface area contributed by atoms with Crippen LogP contribution in [0.4, 0.5) is 5.69 Å². The number of esters is 2. The number of carbonyl (C=O) groups is 2. The van der Waals surface area contributed by atoms with Crippen molar-refractivity contribution < 1.29 is 23.8 Å². The smallest absolute Gasteiger partial charge is 0.341 e. The van der Waals surface area contributed by atoms with Gasteiger partial charge in [0.15, 0.2) is 0 Å². The Morgan fingerprint density at radius 1 is 1.36 bits per heavy atom. The van der Waals surface area contributed by atoms with Gasteiger partial charge >= 0.3 is 11.9 Å². The highest BCUT2D eigenvalue weighted by atomic mass is 16.5. The summed E-state index contributed by atoms with van der Waals surface area (Å²) in [5.41, 5.74) is 10.6. The molecule has 2 rings (SSSR count). The monoisotopic (exact) mass is 347 g/mol. The molecule has 1 aliphatic rings. The van der Waals surface area contributed by atoms with Gasteiger partial charge in [-0.3, -0.25) is 4.79 Å². The summed E-state index contributed by atoms with van der Waals surface area (Å²) in [6.45, 7) is 6.27. The first-order valence-electron chi connectivity index (χ1n) is 8.36. The first-order chi connectivity index (χ1) is 11.9. The van der Waals surface area contributed by atoms with Crippen LogP contribution in [0.3, 0.4) is 0 Å². The summed E-state index contributed by atoms with van der Waals surface area (Å²) in [6, 6.07) is 0. The molecule has 0 saturated heterocycles. The fourth-order valence-corrected chi connectivity index (χ4v) is 3.00. The Morgan fingerprint density at radius 3 is 2.72 bits per heavy atom. The molecule has 1 heterocycles. The zero-order valence-electron chi connectivity index (χ0n) is 15.2. The van der Waals surface area contributed by atoms with Gasteiger partial charge in [-0.1, -0.05) is 11.6 Å². The third-order valence-electron chi connectivity index (χ3n) is 4.40. The Kier molecular flexibility index (Phi) is 6.07. The van der Waals surface area contributed by atoms with Gasteiger partial charge in [0.1, 0.15) is 12.4 Å². The topological polar surface area (TPSA) is 87.8 Å². The minimum Gasteiger partial charge on any atom is -0.496 e. The number of fused-ring (bicyclic) bond motifs is 1. The molecule has 136 valence electrons. The Balaban J connectivity index is 2.23. The summed E-state index contributed by atoms with van der Waals surface area (Å²) in [6.07, 6.45) is 3.48. The average molecular weight is 347 g/mol. The fraction of sp³-hybridized carbons (Fsp3) is 0.474. The molecule has 1 aliphatic heterocycles. The molecule has 6 nitrogen and oxygen atoms in total. The number of benzene rings is 1. The number of ether oxygens (including phenoxy) is 3. The molecule has 6 heteroatoms. The van der Waals surface area contributed by atoms with Crippen LogP contribution < -0.4 is 10.5 Å². The Labute approximate surface area is 147 Å². The van der Waals surface area contributed by atoms with Crippen LogP contribution in [0.2, 0.25) is 0 Å². The van der Waals surface area contributed by atoms with Crippen molar-refractivity contribution in [3.05, 3.63) is 33.9 Å². The number of anilines is 1. The molecule has 0 aliphatic carbocycles. The summed E-state index contributed by atoms with van der Waals surface area (Å²) in [4.78, 5) is 23.4. The second-order valence-electron chi connectivity index (χ2n) is 6.04. The maximum atomic E-state index is 12.0. The standard InChI is InChI=1S/C19H25NO5/c1-5-24-15(21)9-7-11(2)6-8-13-17(20)16-14(10-25-19(16)22)12(3)18(13)23-4/h6H,5,7-10,20H2,1-4H3/b11-6+. The minimum atomic E-state index is -0.387. The van der Waals surface area contributed by atoms with E-state index in [9.17, 15) is 9.59 Å². The van der Waals surface area contributed by atoms with Crippen LogP contribution in [0, 0.1) is 6.92 Å². The molecule has 0 saturated carbocycles. The molecule has 0 unspecified atom stereocenters. The summed E-state index contributed by atoms with van der Waals surface area (Å²) >= 11 is 0. The van der Waals surface area contributed by atoms with Crippen molar-refractivity contribution in [2.75, 3.05) is 19.5 Å². The molecule has 25 heavy (non-hydrogen) atoms. The first-order valence-corrected chi connectivity index (χ1v) is 8.36. The molecule has 0 radical (unpaired) electrons. The van der Waals surface area contributed by atoms with Gasteiger partial charge in [-0.05, 0) is 39.2 Å². The van der Waals surface area contributed by atoms with E-state index >= 15 is 0 Å². The molecule has 0 bridgehead atoms. The highest BCUT2D eigenvalue weighted by Gasteiger charge is 2.30. The summed E-state index contributed by atoms with van der Waals surface area (Å²) in [7, 11) is 1.59. The second kappa shape index (κ2) is 8.05. The van der Waals surface area contributed by atoms with Crippen molar-refractivity contribution in [1.29, 1.82) is 0 Å². The maximum Gasteiger partial charge on any atom is 0.341 e. The van der Waals surface area contributed by atoms with Gasteiger partial charge < -0.3 is 19.9 Å². The second-order valence-corrected chi connectivity index (χ2v) is 6.04. The lowest BCUT2D eigenvalue weighted by atomic mass is 9.94. The van der Waals surface area contributed by atoms with Crippen molar-refractivity contribution in [1.82, 2.24) is 0 Å². The van der Waals surface area contributed by atoms with Crippen LogP contribution in [0.25, 0.3) is 0 Å². The van der Waals surface area contributed by atoms with Gasteiger partial charge in [0.05, 0.1) is 25.0 Å². The van der Waals surface area contributed by atoms with E-state index in [1.54, 1.807) is 14.0 Å². The number of hydrogen-bond acceptors (Lipinski definition) is 6. The van der Waals surface area contributed by atoms with Crippen molar-refractivity contribution in [3.8, 4) is 5.75 Å². The van der Waals surface area contributed by atoms with E-state index in [0.717, 1.165) is 22.3 Å². The van der Waals surface area contributed by atoms with E-state index in [1.165, 1.54) is 0 Å². The van der Waals surface area contributed by atoms with Gasteiger partial charge in [0, 0.05) is 17.5 Å². The quantitative estimate of drug-likeness (QED) is 0.463. The third kappa shape index (κ3) is 3.95. The van der Waals surface area contributed by atoms with Crippen LogP contribution in [0.1, 0.15) is 53.7 Å². The van der Waals surface area contributed by atoms with Gasteiger partial charge in [0.25, 0.3) is 0 Å². The third-order valence-corrected chi connectivity index (χ3v) is 4.40. The number of allylic oxidation sites excluding steroid dienone is 2. The lowest BCUT2D eigenvalue weighted by Crippen LogP contribution is -2.08. The highest BCUT2D eigenvalue weighted by Crippen LogP contribution is 2.39. The Hall–Kier alpha value is -2.50. The van der Waals surface area contributed by atoms with E-state index < -0.39 is 0 Å². The predicted octanol–water partition coefficient (Wildman–Crippen LogP) is 3.09. The van der Waals surface area contributed by atoms with Gasteiger partial charge in [-0.2, -0.15) is 0 Å². The zero-order valence-corrected chi connectivity index (χ0v) is 15.2. The molecular formula is C19H25NO5. The molecule has 0 spiro atoms. The fourth-order valence-electron chi connectivity index (χ4n) is 3.00. The molecule has 0 atom stereocenters. The first kappa shape index (κ1) is 18.8. The van der Waals surface area contributed by atoms with E-state index in [1.807, 2.05) is 19.9 Å². The SMILES string of the molecule is CCOC(=O)CC/C(C)=C/Cc1c(N)c2c(c(C)c1OC)COC2=O. The number of carbonyl (C=O) groups excluding carboxylic acids is 2. The van der Waals surface area contributed by atoms with Gasteiger partial charge in [-0.15, -0.1) is 0 Å². The normalized spacial score (nSPS) is 13.4. The van der Waals surface area contributed by atoms with Crippen molar-refractivity contribution in [2.45, 2.75) is 46.6 Å². The highest BCUT2D eigenvalue weighted by molar-refractivity contribution is 6.00. The van der Waals surface area contributed by atoms with E-state index in [4.69, 9.17) is 19.9 Å². The van der Waals surface area contributed by atoms with Crippen LogP contribution in [0.15, 0.2) is 11.6 Å². The van der Waals surface area contributed by atoms with Crippen LogP contribution >= 0.6 is 0 Å². The minimum absolute atomic E-state index is 0.205. The molecule has 2 N–H and O–H groups in total. The maximum absolute atomic E-state index is 12.0.